The number of benzene rings is 3. The van der Waals surface area contributed by atoms with Gasteiger partial charge in [0.1, 0.15) is 12.6 Å². The van der Waals surface area contributed by atoms with Crippen molar-refractivity contribution in [2.75, 3.05) is 25.7 Å². The topological polar surface area (TPSA) is 91.1 Å². The molecule has 1 heterocycles. The number of anilines is 1. The minimum atomic E-state index is -0.798. The number of carbonyl (C=O) groups is 2. The number of fused-ring (bicyclic) bond motifs is 1. The molecule has 0 aromatic heterocycles. The maximum Gasteiger partial charge on any atom is 0.340 e. The molecule has 0 radical (unpaired) electrons. The van der Waals surface area contributed by atoms with Gasteiger partial charge in [-0.25, -0.2) is 4.79 Å². The Morgan fingerprint density at radius 1 is 0.974 bits per heavy atom. The van der Waals surface area contributed by atoms with Gasteiger partial charge in [-0.2, -0.15) is 0 Å². The van der Waals surface area contributed by atoms with Crippen molar-refractivity contribution in [2.24, 2.45) is 5.73 Å². The van der Waals surface area contributed by atoms with E-state index in [2.05, 4.69) is 32.9 Å². The summed E-state index contributed by atoms with van der Waals surface area (Å²) < 4.78 is 16.6. The van der Waals surface area contributed by atoms with Crippen LogP contribution in [0.25, 0.3) is 0 Å². The fraction of sp³-hybridized carbons (Fsp3) is 0.355. The van der Waals surface area contributed by atoms with Crippen molar-refractivity contribution in [1.29, 1.82) is 0 Å². The van der Waals surface area contributed by atoms with Crippen LogP contribution < -0.4 is 20.1 Å². The Hall–Kier alpha value is -4.00. The Morgan fingerprint density at radius 3 is 2.32 bits per heavy atom. The second-order valence-electron chi connectivity index (χ2n) is 10.6. The van der Waals surface area contributed by atoms with Gasteiger partial charge in [-0.1, -0.05) is 63.2 Å². The molecule has 1 amide bonds. The molecule has 0 saturated carbocycles. The van der Waals surface area contributed by atoms with Crippen molar-refractivity contribution < 1.29 is 23.8 Å². The number of primary amides is 1. The fourth-order valence-electron chi connectivity index (χ4n) is 4.96. The summed E-state index contributed by atoms with van der Waals surface area (Å²) >= 11 is 0. The van der Waals surface area contributed by atoms with Crippen LogP contribution in [0.1, 0.15) is 65.8 Å². The van der Waals surface area contributed by atoms with Gasteiger partial charge in [-0.15, -0.1) is 0 Å². The third kappa shape index (κ3) is 5.62. The quantitative estimate of drug-likeness (QED) is 0.407. The van der Waals surface area contributed by atoms with Crippen LogP contribution in [-0.4, -0.2) is 32.6 Å². The van der Waals surface area contributed by atoms with E-state index >= 15 is 0 Å². The van der Waals surface area contributed by atoms with Gasteiger partial charge in [0, 0.05) is 6.54 Å². The number of methoxy groups -OCH3 is 2. The zero-order valence-electron chi connectivity index (χ0n) is 22.7. The van der Waals surface area contributed by atoms with Crippen LogP contribution >= 0.6 is 0 Å². The smallest absolute Gasteiger partial charge is 0.340 e. The SMILES string of the molecule is COc1ccc(C(C(N)=O)N2CCCc3cccc(C(=O)OCc4ccc(C(C)(C)C)cc4)c32)cc1OC. The first-order valence-electron chi connectivity index (χ1n) is 12.8. The lowest BCUT2D eigenvalue weighted by molar-refractivity contribution is -0.119. The number of aryl methyl sites for hydroxylation is 1. The van der Waals surface area contributed by atoms with E-state index in [-0.39, 0.29) is 12.0 Å². The molecule has 0 saturated heterocycles. The van der Waals surface area contributed by atoms with Crippen LogP contribution in [0, 0.1) is 0 Å². The van der Waals surface area contributed by atoms with Gasteiger partial charge in [0.15, 0.2) is 11.5 Å². The summed E-state index contributed by atoms with van der Waals surface area (Å²) in [6.07, 6.45) is 1.61. The van der Waals surface area contributed by atoms with E-state index in [9.17, 15) is 9.59 Å². The summed E-state index contributed by atoms with van der Waals surface area (Å²) in [5, 5.41) is 0. The van der Waals surface area contributed by atoms with Crippen molar-refractivity contribution >= 4 is 17.6 Å². The second kappa shape index (κ2) is 11.2. The molecule has 38 heavy (non-hydrogen) atoms. The van der Waals surface area contributed by atoms with Gasteiger partial charge < -0.3 is 24.8 Å². The van der Waals surface area contributed by atoms with Gasteiger partial charge in [0.05, 0.1) is 25.5 Å². The maximum absolute atomic E-state index is 13.4. The first-order valence-corrected chi connectivity index (χ1v) is 12.8. The lowest BCUT2D eigenvalue weighted by atomic mass is 9.87. The van der Waals surface area contributed by atoms with Crippen molar-refractivity contribution in [3.63, 3.8) is 0 Å². The van der Waals surface area contributed by atoms with E-state index < -0.39 is 17.9 Å². The molecular formula is C31H36N2O5. The van der Waals surface area contributed by atoms with Crippen LogP contribution in [0.5, 0.6) is 11.5 Å². The molecule has 0 spiro atoms. The van der Waals surface area contributed by atoms with Crippen LogP contribution in [-0.2, 0) is 28.0 Å². The number of rotatable bonds is 8. The minimum Gasteiger partial charge on any atom is -0.493 e. The fourth-order valence-corrected chi connectivity index (χ4v) is 4.96. The van der Waals surface area contributed by atoms with Gasteiger partial charge in [-0.05, 0) is 58.7 Å². The molecule has 1 unspecified atom stereocenters. The van der Waals surface area contributed by atoms with Crippen molar-refractivity contribution in [3.05, 3.63) is 88.5 Å². The largest absolute Gasteiger partial charge is 0.493 e. The maximum atomic E-state index is 13.4. The van der Waals surface area contributed by atoms with Crippen LogP contribution in [0.15, 0.2) is 60.7 Å². The van der Waals surface area contributed by atoms with Gasteiger partial charge in [-0.3, -0.25) is 4.79 Å². The number of ether oxygens (including phenoxy) is 3. The average molecular weight is 517 g/mol. The molecule has 4 rings (SSSR count). The van der Waals surface area contributed by atoms with Crippen molar-refractivity contribution in [3.8, 4) is 11.5 Å². The summed E-state index contributed by atoms with van der Waals surface area (Å²) in [5.41, 5.74) is 10.9. The second-order valence-corrected chi connectivity index (χ2v) is 10.6. The van der Waals surface area contributed by atoms with E-state index in [1.54, 1.807) is 38.5 Å². The molecule has 1 atom stereocenters. The number of carbonyl (C=O) groups excluding carboxylic acids is 2. The lowest BCUT2D eigenvalue weighted by Crippen LogP contribution is -2.41. The molecule has 7 heteroatoms. The Morgan fingerprint density at radius 2 is 1.68 bits per heavy atom. The molecule has 7 nitrogen and oxygen atoms in total. The minimum absolute atomic E-state index is 0.0483. The molecule has 0 fully saturated rings. The van der Waals surface area contributed by atoms with Crippen LogP contribution in [0.3, 0.4) is 0 Å². The highest BCUT2D eigenvalue weighted by Crippen LogP contribution is 2.39. The third-order valence-electron chi connectivity index (χ3n) is 6.97. The monoisotopic (exact) mass is 516 g/mol. The summed E-state index contributed by atoms with van der Waals surface area (Å²) in [5.74, 6) is 0.0910. The molecule has 3 aromatic carbocycles. The zero-order valence-corrected chi connectivity index (χ0v) is 22.7. The van der Waals surface area contributed by atoms with E-state index in [1.807, 2.05) is 29.2 Å². The lowest BCUT2D eigenvalue weighted by Gasteiger charge is -2.37. The number of esters is 1. The standard InChI is InChI=1S/C31H36N2O5/c1-31(2,3)23-14-11-20(12-15-23)19-38-30(35)24-10-6-8-21-9-7-17-33(27(21)24)28(29(32)34)22-13-16-25(36-4)26(18-22)37-5/h6,8,10-16,18,28H,7,9,17,19H2,1-5H3,(H2,32,34). The Bertz CT molecular complexity index is 1310. The Balaban J connectivity index is 1.64. The van der Waals surface area contributed by atoms with E-state index in [0.29, 0.717) is 34.9 Å². The normalized spacial score (nSPS) is 13.9. The molecule has 0 aliphatic carbocycles. The predicted octanol–water partition coefficient (Wildman–Crippen LogP) is 5.34. The number of nitrogens with two attached hydrogens (primary N) is 1. The highest BCUT2D eigenvalue weighted by Gasteiger charge is 2.33. The van der Waals surface area contributed by atoms with E-state index in [1.165, 1.54) is 5.56 Å². The van der Waals surface area contributed by atoms with Gasteiger partial charge in [0.2, 0.25) is 5.91 Å². The zero-order chi connectivity index (χ0) is 27.4. The Labute approximate surface area is 224 Å². The number of para-hydroxylation sites is 1. The van der Waals surface area contributed by atoms with Gasteiger partial charge >= 0.3 is 5.97 Å². The summed E-state index contributed by atoms with van der Waals surface area (Å²) in [4.78, 5) is 28.1. The predicted molar refractivity (Wildman–Crippen MR) is 148 cm³/mol. The van der Waals surface area contributed by atoms with Crippen LogP contribution in [0.2, 0.25) is 0 Å². The summed E-state index contributed by atoms with van der Waals surface area (Å²) in [7, 11) is 3.10. The molecule has 3 aromatic rings. The number of hydrogen-bond donors (Lipinski definition) is 1. The molecule has 1 aliphatic heterocycles. The van der Waals surface area contributed by atoms with E-state index in [0.717, 1.165) is 24.0 Å². The average Bonchev–Trinajstić information content (AvgIpc) is 2.91. The number of nitrogens with zero attached hydrogens (tertiary/aromatic N) is 1. The van der Waals surface area contributed by atoms with Gasteiger partial charge in [0.25, 0.3) is 0 Å². The first-order chi connectivity index (χ1) is 18.1. The summed E-state index contributed by atoms with van der Waals surface area (Å²) in [6.45, 7) is 7.20. The molecule has 0 bridgehead atoms. The van der Waals surface area contributed by atoms with Crippen LogP contribution in [0.4, 0.5) is 5.69 Å². The highest BCUT2D eigenvalue weighted by atomic mass is 16.5. The Kier molecular flexibility index (Phi) is 7.95. The molecule has 200 valence electrons. The van der Waals surface area contributed by atoms with E-state index in [4.69, 9.17) is 19.9 Å². The third-order valence-corrected chi connectivity index (χ3v) is 6.97. The van der Waals surface area contributed by atoms with Crippen molar-refractivity contribution in [2.45, 2.75) is 51.7 Å². The molecule has 2 N–H and O–H groups in total. The van der Waals surface area contributed by atoms with Crippen molar-refractivity contribution in [1.82, 2.24) is 0 Å². The first kappa shape index (κ1) is 27.0. The summed E-state index contributed by atoms with van der Waals surface area (Å²) in [6, 6.07) is 18.2. The number of amides is 1. The number of hydrogen-bond acceptors (Lipinski definition) is 6. The molecule has 1 aliphatic rings. The molecular weight excluding hydrogens is 480 g/mol. The highest BCUT2D eigenvalue weighted by molar-refractivity contribution is 5.98.